The third-order valence-electron chi connectivity index (χ3n) is 3.22. The molecule has 0 saturated carbocycles. The van der Waals surface area contributed by atoms with E-state index < -0.39 is 5.66 Å². The van der Waals surface area contributed by atoms with Crippen molar-refractivity contribution in [1.29, 1.82) is 0 Å². The van der Waals surface area contributed by atoms with Crippen LogP contribution in [0.1, 0.15) is 13.8 Å². The SMILES string of the molecule is CC1(C)NC(=O)N(c2cc(Cl)c(-c3ccccn3)c(Cl)c2)N1. The van der Waals surface area contributed by atoms with E-state index in [1.54, 1.807) is 18.3 Å². The van der Waals surface area contributed by atoms with Crippen molar-refractivity contribution in [2.24, 2.45) is 0 Å². The number of nitrogens with one attached hydrogen (secondary N) is 2. The number of carbonyl (C=O) groups is 1. The van der Waals surface area contributed by atoms with Crippen molar-refractivity contribution in [3.05, 3.63) is 46.6 Å². The molecule has 3 rings (SSSR count). The van der Waals surface area contributed by atoms with Gasteiger partial charge in [0.2, 0.25) is 0 Å². The fraction of sp³-hybridized carbons (Fsp3) is 0.200. The Morgan fingerprint density at radius 3 is 2.36 bits per heavy atom. The molecule has 2 amide bonds. The zero-order valence-corrected chi connectivity index (χ0v) is 13.5. The highest BCUT2D eigenvalue weighted by molar-refractivity contribution is 6.39. The molecule has 0 radical (unpaired) electrons. The number of pyridine rings is 1. The van der Waals surface area contributed by atoms with Gasteiger partial charge in [0.25, 0.3) is 0 Å². The van der Waals surface area contributed by atoms with Crippen LogP contribution < -0.4 is 15.8 Å². The maximum atomic E-state index is 12.0. The Hall–Kier alpha value is -1.82. The Kier molecular flexibility index (Phi) is 3.72. The molecule has 0 aliphatic carbocycles. The van der Waals surface area contributed by atoms with E-state index >= 15 is 0 Å². The molecule has 1 saturated heterocycles. The molecule has 1 aromatic heterocycles. The highest BCUT2D eigenvalue weighted by atomic mass is 35.5. The van der Waals surface area contributed by atoms with Crippen LogP contribution >= 0.6 is 23.2 Å². The number of hydrazine groups is 1. The number of hydrogen-bond acceptors (Lipinski definition) is 3. The average molecular weight is 337 g/mol. The number of rotatable bonds is 2. The van der Waals surface area contributed by atoms with Crippen LogP contribution in [0.3, 0.4) is 0 Å². The number of halogens is 2. The lowest BCUT2D eigenvalue weighted by molar-refractivity contribution is 0.248. The second-order valence-corrected chi connectivity index (χ2v) is 6.32. The number of anilines is 1. The van der Waals surface area contributed by atoms with Gasteiger partial charge in [0, 0.05) is 11.8 Å². The molecule has 2 heterocycles. The second kappa shape index (κ2) is 5.43. The molecule has 1 aromatic carbocycles. The summed E-state index contributed by atoms with van der Waals surface area (Å²) in [6.45, 7) is 3.72. The summed E-state index contributed by atoms with van der Waals surface area (Å²) in [5.41, 5.74) is 4.41. The summed E-state index contributed by atoms with van der Waals surface area (Å²) in [7, 11) is 0. The zero-order valence-electron chi connectivity index (χ0n) is 12.0. The van der Waals surface area contributed by atoms with Crippen LogP contribution in [-0.2, 0) is 0 Å². The number of aromatic nitrogens is 1. The largest absolute Gasteiger partial charge is 0.338 e. The first-order chi connectivity index (χ1) is 10.4. The normalized spacial score (nSPS) is 16.7. The summed E-state index contributed by atoms with van der Waals surface area (Å²) in [5, 5.41) is 5.06. The van der Waals surface area contributed by atoms with E-state index in [2.05, 4.69) is 15.7 Å². The molecule has 22 heavy (non-hydrogen) atoms. The second-order valence-electron chi connectivity index (χ2n) is 5.50. The molecule has 0 spiro atoms. The van der Waals surface area contributed by atoms with Gasteiger partial charge in [0.05, 0.1) is 21.4 Å². The quantitative estimate of drug-likeness (QED) is 0.876. The third kappa shape index (κ3) is 2.75. The number of amides is 2. The van der Waals surface area contributed by atoms with Crippen molar-refractivity contribution in [3.8, 4) is 11.3 Å². The Balaban J connectivity index is 2.02. The minimum Gasteiger partial charge on any atom is -0.317 e. The third-order valence-corrected chi connectivity index (χ3v) is 3.82. The molecule has 0 unspecified atom stereocenters. The van der Waals surface area contributed by atoms with Gasteiger partial charge in [-0.05, 0) is 38.1 Å². The molecule has 1 fully saturated rings. The van der Waals surface area contributed by atoms with E-state index in [1.807, 2.05) is 32.0 Å². The number of hydrogen-bond donors (Lipinski definition) is 2. The molecule has 114 valence electrons. The lowest BCUT2D eigenvalue weighted by Crippen LogP contribution is -2.45. The lowest BCUT2D eigenvalue weighted by atomic mass is 10.1. The van der Waals surface area contributed by atoms with Crippen LogP contribution in [0, 0.1) is 0 Å². The van der Waals surface area contributed by atoms with Crippen molar-refractivity contribution < 1.29 is 4.79 Å². The first-order valence-corrected chi connectivity index (χ1v) is 7.43. The molecule has 2 aromatic rings. The van der Waals surface area contributed by atoms with E-state index in [0.29, 0.717) is 27.0 Å². The molecule has 1 aliphatic rings. The van der Waals surface area contributed by atoms with E-state index in [4.69, 9.17) is 23.2 Å². The topological polar surface area (TPSA) is 57.3 Å². The van der Waals surface area contributed by atoms with E-state index in [0.717, 1.165) is 0 Å². The van der Waals surface area contributed by atoms with Gasteiger partial charge in [-0.3, -0.25) is 4.98 Å². The first-order valence-electron chi connectivity index (χ1n) is 6.68. The van der Waals surface area contributed by atoms with Gasteiger partial charge < -0.3 is 5.32 Å². The Morgan fingerprint density at radius 1 is 1.18 bits per heavy atom. The summed E-state index contributed by atoms with van der Waals surface area (Å²) in [6, 6.07) is 8.62. The van der Waals surface area contributed by atoms with Gasteiger partial charge in [-0.15, -0.1) is 0 Å². The van der Waals surface area contributed by atoms with Crippen molar-refractivity contribution in [3.63, 3.8) is 0 Å². The smallest absolute Gasteiger partial charge is 0.317 e. The van der Waals surface area contributed by atoms with E-state index in [-0.39, 0.29) is 6.03 Å². The molecule has 2 N–H and O–H groups in total. The van der Waals surface area contributed by atoms with Gasteiger partial charge in [0.15, 0.2) is 0 Å². The van der Waals surface area contributed by atoms with Crippen LogP contribution in [0.5, 0.6) is 0 Å². The summed E-state index contributed by atoms with van der Waals surface area (Å²) >= 11 is 12.7. The van der Waals surface area contributed by atoms with Gasteiger partial charge in [-0.25, -0.2) is 15.2 Å². The van der Waals surface area contributed by atoms with Gasteiger partial charge in [-0.2, -0.15) is 0 Å². The number of urea groups is 1. The Morgan fingerprint density at radius 2 is 1.86 bits per heavy atom. The average Bonchev–Trinajstić information content (AvgIpc) is 2.72. The fourth-order valence-corrected chi connectivity index (χ4v) is 2.98. The highest BCUT2D eigenvalue weighted by Crippen LogP contribution is 2.37. The predicted octanol–water partition coefficient (Wildman–Crippen LogP) is 3.83. The van der Waals surface area contributed by atoms with Crippen molar-refractivity contribution >= 4 is 34.9 Å². The van der Waals surface area contributed by atoms with Crippen LogP contribution in [0.25, 0.3) is 11.3 Å². The number of nitrogens with zero attached hydrogens (tertiary/aromatic N) is 2. The molecular formula is C15H14Cl2N4O. The first kappa shape index (κ1) is 15.1. The van der Waals surface area contributed by atoms with Crippen LogP contribution in [0.4, 0.5) is 10.5 Å². The molecular weight excluding hydrogens is 323 g/mol. The number of carbonyl (C=O) groups excluding carboxylic acids is 1. The summed E-state index contributed by atoms with van der Waals surface area (Å²) in [6.07, 6.45) is 1.67. The number of benzene rings is 1. The van der Waals surface area contributed by atoms with Gasteiger partial charge >= 0.3 is 6.03 Å². The van der Waals surface area contributed by atoms with Gasteiger partial charge in [-0.1, -0.05) is 29.3 Å². The van der Waals surface area contributed by atoms with Crippen LogP contribution in [0.2, 0.25) is 10.0 Å². The Bertz CT molecular complexity index is 711. The highest BCUT2D eigenvalue weighted by Gasteiger charge is 2.35. The van der Waals surface area contributed by atoms with Crippen LogP contribution in [-0.4, -0.2) is 16.7 Å². The maximum absolute atomic E-state index is 12.0. The monoisotopic (exact) mass is 336 g/mol. The molecule has 7 heteroatoms. The molecule has 5 nitrogen and oxygen atoms in total. The van der Waals surface area contributed by atoms with E-state index in [9.17, 15) is 4.79 Å². The summed E-state index contributed by atoms with van der Waals surface area (Å²) in [4.78, 5) is 16.3. The predicted molar refractivity (Wildman–Crippen MR) is 87.9 cm³/mol. The standard InChI is InChI=1S/C15H14Cl2N4O/c1-15(2)19-14(22)21(20-15)9-7-10(16)13(11(17)8-9)12-5-3-4-6-18-12/h3-8,20H,1-2H3,(H,19,22). The minimum absolute atomic E-state index is 0.261. The maximum Gasteiger partial charge on any atom is 0.338 e. The zero-order chi connectivity index (χ0) is 15.9. The minimum atomic E-state index is -0.532. The summed E-state index contributed by atoms with van der Waals surface area (Å²) in [5.74, 6) is 0. The fourth-order valence-electron chi connectivity index (χ4n) is 2.31. The molecule has 0 bridgehead atoms. The van der Waals surface area contributed by atoms with Crippen molar-refractivity contribution in [1.82, 2.24) is 15.7 Å². The van der Waals surface area contributed by atoms with Crippen LogP contribution in [0.15, 0.2) is 36.5 Å². The van der Waals surface area contributed by atoms with E-state index in [1.165, 1.54) is 5.01 Å². The van der Waals surface area contributed by atoms with Crippen molar-refractivity contribution in [2.75, 3.05) is 5.01 Å². The van der Waals surface area contributed by atoms with Gasteiger partial charge in [0.1, 0.15) is 5.66 Å². The lowest BCUT2D eigenvalue weighted by Gasteiger charge is -2.21. The Labute approximate surface area is 138 Å². The molecule has 1 aliphatic heterocycles. The van der Waals surface area contributed by atoms with Crippen molar-refractivity contribution in [2.45, 2.75) is 19.5 Å². The summed E-state index contributed by atoms with van der Waals surface area (Å²) < 4.78 is 0. The molecule has 0 atom stereocenters.